The van der Waals surface area contributed by atoms with Gasteiger partial charge >= 0.3 is 11.9 Å². The highest BCUT2D eigenvalue weighted by Gasteiger charge is 2.51. The van der Waals surface area contributed by atoms with Crippen LogP contribution in [0.1, 0.15) is 56.6 Å². The number of benzene rings is 2. The number of pyridine rings is 1. The fourth-order valence-corrected chi connectivity index (χ4v) is 4.61. The Balaban J connectivity index is 1.43. The molecule has 0 spiro atoms. The van der Waals surface area contributed by atoms with E-state index in [1.54, 1.807) is 20.8 Å². The molecule has 0 saturated heterocycles. The maximum Gasteiger partial charge on any atom is 0.328 e. The van der Waals surface area contributed by atoms with Crippen LogP contribution in [0.15, 0.2) is 54.7 Å². The van der Waals surface area contributed by atoms with Crippen molar-refractivity contribution in [1.29, 1.82) is 0 Å². The zero-order valence-corrected chi connectivity index (χ0v) is 22.9. The number of carbonyl (C=O) groups is 3. The Hall–Kier alpha value is -4.14. The maximum absolute atomic E-state index is 13.1. The van der Waals surface area contributed by atoms with Gasteiger partial charge < -0.3 is 24.3 Å². The van der Waals surface area contributed by atoms with Gasteiger partial charge in [0.15, 0.2) is 17.2 Å². The molecule has 2 atom stereocenters. The van der Waals surface area contributed by atoms with E-state index in [1.807, 2.05) is 25.1 Å². The number of nitrogens with one attached hydrogen (secondary N) is 1. The van der Waals surface area contributed by atoms with Gasteiger partial charge in [-0.15, -0.1) is 0 Å². The van der Waals surface area contributed by atoms with Gasteiger partial charge in [-0.2, -0.15) is 0 Å². The molecule has 3 aromatic rings. The monoisotopic (exact) mass is 534 g/mol. The van der Waals surface area contributed by atoms with Crippen molar-refractivity contribution in [1.82, 2.24) is 10.3 Å². The molecule has 1 heterocycles. The number of methoxy groups -OCH3 is 1. The van der Waals surface area contributed by atoms with Crippen LogP contribution in [0.3, 0.4) is 0 Å². The van der Waals surface area contributed by atoms with Crippen LogP contribution in [0.2, 0.25) is 0 Å². The lowest BCUT2D eigenvalue weighted by molar-refractivity contribution is -0.154. The van der Waals surface area contributed by atoms with Gasteiger partial charge in [-0.25, -0.2) is 9.78 Å². The molecule has 206 valence electrons. The summed E-state index contributed by atoms with van der Waals surface area (Å²) in [7, 11) is 1.41. The minimum atomic E-state index is -0.956. The molecule has 0 aliphatic heterocycles. The van der Waals surface area contributed by atoms with E-state index in [4.69, 9.17) is 18.9 Å². The van der Waals surface area contributed by atoms with Crippen LogP contribution in [0.4, 0.5) is 0 Å². The summed E-state index contributed by atoms with van der Waals surface area (Å²) < 4.78 is 21.8. The number of aromatic nitrogens is 1. The molecule has 4 rings (SSSR count). The van der Waals surface area contributed by atoms with E-state index in [9.17, 15) is 14.4 Å². The molecule has 1 aromatic heterocycles. The number of rotatable bonds is 11. The van der Waals surface area contributed by atoms with E-state index in [0.29, 0.717) is 0 Å². The summed E-state index contributed by atoms with van der Waals surface area (Å²) >= 11 is 0. The van der Waals surface area contributed by atoms with E-state index in [2.05, 4.69) is 34.6 Å². The molecule has 2 aromatic carbocycles. The first kappa shape index (κ1) is 27.9. The van der Waals surface area contributed by atoms with Crippen molar-refractivity contribution in [3.05, 3.63) is 66.0 Å². The van der Waals surface area contributed by atoms with Crippen LogP contribution >= 0.6 is 0 Å². The van der Waals surface area contributed by atoms with Gasteiger partial charge in [0.2, 0.25) is 6.79 Å². The molecule has 1 aliphatic rings. The minimum absolute atomic E-state index is 0.00381. The summed E-state index contributed by atoms with van der Waals surface area (Å²) in [5, 5.41) is 4.92. The minimum Gasteiger partial charge on any atom is -0.493 e. The van der Waals surface area contributed by atoms with Crippen molar-refractivity contribution >= 4 is 28.6 Å². The Morgan fingerprint density at radius 2 is 1.69 bits per heavy atom. The van der Waals surface area contributed by atoms with E-state index in [0.717, 1.165) is 29.2 Å². The van der Waals surface area contributed by atoms with E-state index < -0.39 is 30.7 Å². The van der Waals surface area contributed by atoms with Gasteiger partial charge in [-0.3, -0.25) is 9.59 Å². The number of hydrogen-bond acceptors (Lipinski definition) is 8. The van der Waals surface area contributed by atoms with Gasteiger partial charge in [0.05, 0.1) is 13.0 Å². The molecule has 39 heavy (non-hydrogen) atoms. The molecule has 9 nitrogen and oxygen atoms in total. The van der Waals surface area contributed by atoms with Crippen LogP contribution in [0.5, 0.6) is 11.5 Å². The zero-order chi connectivity index (χ0) is 28.2. The highest BCUT2D eigenvalue weighted by Crippen LogP contribution is 2.53. The normalized spacial score (nSPS) is 15.2. The molecule has 9 heteroatoms. The quantitative estimate of drug-likeness (QED) is 0.281. The van der Waals surface area contributed by atoms with Crippen molar-refractivity contribution in [3.8, 4) is 11.5 Å². The van der Waals surface area contributed by atoms with Gasteiger partial charge in [-0.1, -0.05) is 56.3 Å². The van der Waals surface area contributed by atoms with Crippen LogP contribution in [0.25, 0.3) is 10.8 Å². The first-order chi connectivity index (χ1) is 18.7. The average Bonchev–Trinajstić information content (AvgIpc) is 3.74. The van der Waals surface area contributed by atoms with Crippen LogP contribution in [-0.4, -0.2) is 48.9 Å². The summed E-state index contributed by atoms with van der Waals surface area (Å²) in [6.45, 7) is 6.41. The third kappa shape index (κ3) is 5.97. The SMILES string of the molecule is COc1ccnc(C(=O)N[C@@H](C)C(=O)O[C@@H](C)C2(c3cccc4ccccc34)CC2)c1OCOC(=O)C(C)C. The van der Waals surface area contributed by atoms with Crippen LogP contribution < -0.4 is 14.8 Å². The third-order valence-electron chi connectivity index (χ3n) is 7.07. The molecule has 1 saturated carbocycles. The largest absolute Gasteiger partial charge is 0.493 e. The fraction of sp³-hybridized carbons (Fsp3) is 0.400. The first-order valence-electron chi connectivity index (χ1n) is 13.0. The smallest absolute Gasteiger partial charge is 0.328 e. The first-order valence-corrected chi connectivity index (χ1v) is 13.0. The van der Waals surface area contributed by atoms with E-state index in [1.165, 1.54) is 19.4 Å². The molecule has 0 radical (unpaired) electrons. The molecule has 1 aliphatic carbocycles. The standard InChI is InChI=1S/C30H34N2O7/c1-18(2)28(34)38-17-37-26-24(36-5)13-16-31-25(26)27(33)32-19(3)29(35)39-20(4)30(14-15-30)23-12-8-10-21-9-6-7-11-22(21)23/h6-13,16,18-20H,14-15,17H2,1-5H3,(H,32,33)/t19-,20-/m0/s1. The lowest BCUT2D eigenvalue weighted by Gasteiger charge is -2.27. The predicted molar refractivity (Wildman–Crippen MR) is 145 cm³/mol. The molecular weight excluding hydrogens is 500 g/mol. The Kier molecular flexibility index (Phi) is 8.38. The Labute approximate surface area is 227 Å². The highest BCUT2D eigenvalue weighted by molar-refractivity contribution is 5.98. The van der Waals surface area contributed by atoms with Crippen molar-refractivity contribution in [3.63, 3.8) is 0 Å². The number of nitrogens with zero attached hydrogens (tertiary/aromatic N) is 1. The van der Waals surface area contributed by atoms with Crippen LogP contribution in [-0.2, 0) is 24.5 Å². The number of amides is 1. The topological polar surface area (TPSA) is 113 Å². The molecular formula is C30H34N2O7. The van der Waals surface area contributed by atoms with Crippen molar-refractivity contribution in [2.45, 2.75) is 58.1 Å². The number of esters is 2. The fourth-order valence-electron chi connectivity index (χ4n) is 4.61. The zero-order valence-electron chi connectivity index (χ0n) is 22.9. The lowest BCUT2D eigenvalue weighted by Crippen LogP contribution is -2.42. The Bertz CT molecular complexity index is 1360. The summed E-state index contributed by atoms with van der Waals surface area (Å²) in [6, 6.07) is 14.9. The number of carbonyl (C=O) groups excluding carboxylic acids is 3. The Morgan fingerprint density at radius 1 is 0.974 bits per heavy atom. The molecule has 1 amide bonds. The molecule has 1 fully saturated rings. The molecule has 0 unspecified atom stereocenters. The summed E-state index contributed by atoms with van der Waals surface area (Å²) in [6.07, 6.45) is 2.81. The highest BCUT2D eigenvalue weighted by atomic mass is 16.7. The van der Waals surface area contributed by atoms with E-state index in [-0.39, 0.29) is 34.6 Å². The van der Waals surface area contributed by atoms with Gasteiger partial charge in [0, 0.05) is 17.7 Å². The second kappa shape index (κ2) is 11.7. The second-order valence-electron chi connectivity index (χ2n) is 10.0. The van der Waals surface area contributed by atoms with Gasteiger partial charge in [0.25, 0.3) is 5.91 Å². The summed E-state index contributed by atoms with van der Waals surface area (Å²) in [5.74, 6) is -1.78. The van der Waals surface area contributed by atoms with Crippen molar-refractivity contribution < 1.29 is 33.3 Å². The molecule has 0 bridgehead atoms. The van der Waals surface area contributed by atoms with Gasteiger partial charge in [-0.05, 0) is 43.0 Å². The van der Waals surface area contributed by atoms with E-state index >= 15 is 0 Å². The summed E-state index contributed by atoms with van der Waals surface area (Å²) in [5.41, 5.74) is 0.790. The van der Waals surface area contributed by atoms with Gasteiger partial charge in [0.1, 0.15) is 12.1 Å². The third-order valence-corrected chi connectivity index (χ3v) is 7.07. The maximum atomic E-state index is 13.1. The Morgan fingerprint density at radius 3 is 2.38 bits per heavy atom. The van der Waals surface area contributed by atoms with Crippen LogP contribution in [0, 0.1) is 5.92 Å². The molecule has 1 N–H and O–H groups in total. The second-order valence-corrected chi connectivity index (χ2v) is 10.0. The lowest BCUT2D eigenvalue weighted by atomic mass is 9.87. The summed E-state index contributed by atoms with van der Waals surface area (Å²) in [4.78, 5) is 42.0. The number of fused-ring (bicyclic) bond motifs is 1. The number of hydrogen-bond donors (Lipinski definition) is 1. The average molecular weight is 535 g/mol. The predicted octanol–water partition coefficient (Wildman–Crippen LogP) is 4.56. The van der Waals surface area contributed by atoms with Crippen molar-refractivity contribution in [2.75, 3.05) is 13.9 Å². The number of ether oxygens (including phenoxy) is 4. The van der Waals surface area contributed by atoms with Crippen molar-refractivity contribution in [2.24, 2.45) is 5.92 Å².